The minimum atomic E-state index is 0.259. The quantitative estimate of drug-likeness (QED) is 0.387. The lowest BCUT2D eigenvalue weighted by Gasteiger charge is -2.21. The number of hydrogen-bond acceptors (Lipinski definition) is 1. The van der Waals surface area contributed by atoms with E-state index in [1.807, 2.05) is 6.92 Å². The third-order valence-electron chi connectivity index (χ3n) is 2.94. The van der Waals surface area contributed by atoms with Crippen LogP contribution in [0, 0.1) is 11.8 Å². The second-order valence-corrected chi connectivity index (χ2v) is 3.82. The first kappa shape index (κ1) is 7.14. The number of ether oxygens (including phenoxy) is 1. The van der Waals surface area contributed by atoms with E-state index in [1.165, 1.54) is 12.8 Å². The van der Waals surface area contributed by atoms with Crippen LogP contribution in [0.1, 0.15) is 32.6 Å². The van der Waals surface area contributed by atoms with Crippen molar-refractivity contribution in [1.82, 2.24) is 0 Å². The van der Waals surface area contributed by atoms with Crippen LogP contribution in [-0.2, 0) is 4.74 Å². The summed E-state index contributed by atoms with van der Waals surface area (Å²) in [7, 11) is 0. The molecule has 0 radical (unpaired) electrons. The van der Waals surface area contributed by atoms with Crippen molar-refractivity contribution in [2.75, 3.05) is 0 Å². The highest BCUT2D eigenvalue weighted by Crippen LogP contribution is 2.37. The van der Waals surface area contributed by atoms with Crippen LogP contribution in [0.25, 0.3) is 0 Å². The fourth-order valence-electron chi connectivity index (χ4n) is 2.25. The van der Waals surface area contributed by atoms with Gasteiger partial charge in [0.05, 0.1) is 0 Å². The van der Waals surface area contributed by atoms with Gasteiger partial charge in [-0.15, -0.1) is 0 Å². The molecule has 0 aromatic heterocycles. The third-order valence-corrected chi connectivity index (χ3v) is 2.94. The number of fused-ring (bicyclic) bond motifs is 1. The standard InChI is InChI=1S/C9H14O2/c1-6-5-7-3-2-4-8(7)11-9(6)10/h6-8H,2-5H2,1H3/p+1. The Morgan fingerprint density at radius 2 is 2.27 bits per heavy atom. The third kappa shape index (κ3) is 1.15. The molecule has 2 heteroatoms. The van der Waals surface area contributed by atoms with Gasteiger partial charge in [-0.2, -0.15) is 0 Å². The van der Waals surface area contributed by atoms with Crippen molar-refractivity contribution in [2.45, 2.75) is 38.7 Å². The number of hydrogen-bond donors (Lipinski definition) is 0. The van der Waals surface area contributed by atoms with Crippen LogP contribution in [0.5, 0.6) is 0 Å². The van der Waals surface area contributed by atoms with Gasteiger partial charge in [0.2, 0.25) is 0 Å². The highest BCUT2D eigenvalue weighted by atomic mass is 16.5. The second-order valence-electron chi connectivity index (χ2n) is 3.82. The van der Waals surface area contributed by atoms with Gasteiger partial charge in [-0.3, -0.25) is 0 Å². The van der Waals surface area contributed by atoms with E-state index in [1.54, 1.807) is 0 Å². The maximum atomic E-state index is 9.32. The Hall–Kier alpha value is -0.530. The molecule has 0 amide bonds. The number of esters is 1. The molecular weight excluding hydrogens is 140 g/mol. The first-order valence-corrected chi connectivity index (χ1v) is 4.50. The van der Waals surface area contributed by atoms with Crippen molar-refractivity contribution in [3.05, 3.63) is 0 Å². The lowest BCUT2D eigenvalue weighted by molar-refractivity contribution is 0.0774. The van der Waals surface area contributed by atoms with E-state index in [9.17, 15) is 4.79 Å². The molecule has 1 N–H and O–H groups in total. The van der Waals surface area contributed by atoms with E-state index < -0.39 is 0 Å². The molecule has 2 fully saturated rings. The Labute approximate surface area is 66.9 Å². The lowest BCUT2D eigenvalue weighted by atomic mass is 9.90. The van der Waals surface area contributed by atoms with Gasteiger partial charge in [-0.05, 0) is 26.2 Å². The van der Waals surface area contributed by atoms with E-state index in [0.717, 1.165) is 18.8 Å². The van der Waals surface area contributed by atoms with Crippen molar-refractivity contribution in [2.24, 2.45) is 11.8 Å². The van der Waals surface area contributed by atoms with Crippen LogP contribution >= 0.6 is 0 Å². The Morgan fingerprint density at radius 1 is 1.45 bits per heavy atom. The van der Waals surface area contributed by atoms with Gasteiger partial charge >= 0.3 is 5.97 Å². The molecule has 0 bridgehead atoms. The maximum Gasteiger partial charge on any atom is 0.485 e. The first-order valence-electron chi connectivity index (χ1n) is 4.50. The van der Waals surface area contributed by atoms with Gasteiger partial charge in [0.15, 0.2) is 6.10 Å². The molecule has 1 saturated carbocycles. The first-order chi connectivity index (χ1) is 5.27. The summed E-state index contributed by atoms with van der Waals surface area (Å²) in [5.74, 6) is 1.25. The summed E-state index contributed by atoms with van der Waals surface area (Å²) in [5, 5.41) is 0. The molecular formula is C9H15O2+. The molecule has 3 atom stereocenters. The average molecular weight is 155 g/mol. The van der Waals surface area contributed by atoms with Gasteiger partial charge < -0.3 is 9.53 Å². The monoisotopic (exact) mass is 155 g/mol. The van der Waals surface area contributed by atoms with E-state index in [4.69, 9.17) is 4.74 Å². The second kappa shape index (κ2) is 2.50. The van der Waals surface area contributed by atoms with E-state index >= 15 is 0 Å². The Balaban J connectivity index is 2.06. The summed E-state index contributed by atoms with van der Waals surface area (Å²) < 4.78 is 5.39. The van der Waals surface area contributed by atoms with Crippen LogP contribution in [0.4, 0.5) is 0 Å². The van der Waals surface area contributed by atoms with Gasteiger partial charge in [-0.1, -0.05) is 0 Å². The molecule has 0 aromatic rings. The Morgan fingerprint density at radius 3 is 3.09 bits per heavy atom. The van der Waals surface area contributed by atoms with Crippen molar-refractivity contribution < 1.29 is 9.53 Å². The van der Waals surface area contributed by atoms with E-state index in [-0.39, 0.29) is 11.9 Å². The molecule has 1 aliphatic heterocycles. The summed E-state index contributed by atoms with van der Waals surface area (Å²) in [5.41, 5.74) is 0. The van der Waals surface area contributed by atoms with Crippen LogP contribution in [0.3, 0.4) is 0 Å². The van der Waals surface area contributed by atoms with Crippen LogP contribution < -0.4 is 0 Å². The zero-order valence-corrected chi connectivity index (χ0v) is 6.92. The normalized spacial score (nSPS) is 43.4. The minimum Gasteiger partial charge on any atom is -0.339 e. The average Bonchev–Trinajstić information content (AvgIpc) is 2.36. The van der Waals surface area contributed by atoms with E-state index in [2.05, 4.69) is 0 Å². The smallest absolute Gasteiger partial charge is 0.339 e. The molecule has 0 aromatic carbocycles. The van der Waals surface area contributed by atoms with Crippen molar-refractivity contribution in [3.8, 4) is 0 Å². The minimum absolute atomic E-state index is 0.259. The van der Waals surface area contributed by atoms with Crippen molar-refractivity contribution in [3.63, 3.8) is 0 Å². The fourth-order valence-corrected chi connectivity index (χ4v) is 2.25. The number of carbonyl (C=O) groups excluding carboxylic acids is 1. The predicted molar refractivity (Wildman–Crippen MR) is 42.9 cm³/mol. The molecule has 1 heterocycles. The molecule has 62 valence electrons. The lowest BCUT2D eigenvalue weighted by Crippen LogP contribution is -2.34. The summed E-state index contributed by atoms with van der Waals surface area (Å²) in [6.45, 7) is 2.03. The van der Waals surface area contributed by atoms with Crippen LogP contribution in [0.2, 0.25) is 0 Å². The number of rotatable bonds is 0. The summed E-state index contributed by atoms with van der Waals surface area (Å²) in [6.07, 6.45) is 5.17. The van der Waals surface area contributed by atoms with Gasteiger partial charge in [-0.25, -0.2) is 0 Å². The zero-order chi connectivity index (χ0) is 7.84. The van der Waals surface area contributed by atoms with Crippen LogP contribution in [-0.4, -0.2) is 16.9 Å². The van der Waals surface area contributed by atoms with Crippen LogP contribution in [0.15, 0.2) is 0 Å². The molecule has 2 aliphatic rings. The Bertz CT molecular complexity index is 176. The predicted octanol–water partition coefficient (Wildman–Crippen LogP) is 1.71. The Kier molecular flexibility index (Phi) is 1.63. The summed E-state index contributed by atoms with van der Waals surface area (Å²) >= 11 is 0. The SMILES string of the molecule is CC1CC2CCCC2OC1=[OH+]. The highest BCUT2D eigenvalue weighted by molar-refractivity contribution is 5.74. The fraction of sp³-hybridized carbons (Fsp3) is 0.889. The molecule has 2 nitrogen and oxygen atoms in total. The van der Waals surface area contributed by atoms with Gasteiger partial charge in [0.25, 0.3) is 0 Å². The van der Waals surface area contributed by atoms with Crippen molar-refractivity contribution in [1.29, 1.82) is 0 Å². The summed E-state index contributed by atoms with van der Waals surface area (Å²) in [4.78, 5) is 9.32. The molecule has 2 rings (SSSR count). The van der Waals surface area contributed by atoms with Gasteiger partial charge in [0, 0.05) is 12.3 Å². The van der Waals surface area contributed by atoms with Crippen molar-refractivity contribution >= 4 is 5.97 Å². The molecule has 11 heavy (non-hydrogen) atoms. The maximum absolute atomic E-state index is 9.32. The largest absolute Gasteiger partial charge is 0.485 e. The molecule has 0 spiro atoms. The highest BCUT2D eigenvalue weighted by Gasteiger charge is 2.44. The topological polar surface area (TPSA) is 30.6 Å². The molecule has 3 unspecified atom stereocenters. The van der Waals surface area contributed by atoms with Gasteiger partial charge in [0.1, 0.15) is 5.92 Å². The molecule has 1 aliphatic carbocycles. The zero-order valence-electron chi connectivity index (χ0n) is 6.92. The molecule has 1 saturated heterocycles. The summed E-state index contributed by atoms with van der Waals surface area (Å²) in [6, 6.07) is 0. The van der Waals surface area contributed by atoms with E-state index in [0.29, 0.717) is 6.10 Å².